The molecular formula is C18H23F2N7O. The number of aliphatic hydroxyl groups excluding tert-OH is 1. The highest BCUT2D eigenvalue weighted by atomic mass is 19.3. The van der Waals surface area contributed by atoms with Crippen LogP contribution in [0, 0.1) is 6.92 Å². The number of hydrazone groups is 1. The van der Waals surface area contributed by atoms with Gasteiger partial charge in [-0.05, 0) is 32.4 Å². The Morgan fingerprint density at radius 1 is 1.29 bits per heavy atom. The number of nitrogens with zero attached hydrogens (tertiary/aromatic N) is 6. The molecule has 0 bridgehead atoms. The van der Waals surface area contributed by atoms with Crippen molar-refractivity contribution in [2.75, 3.05) is 18.0 Å². The lowest BCUT2D eigenvalue weighted by Gasteiger charge is -2.26. The minimum Gasteiger partial charge on any atom is -0.355 e. The van der Waals surface area contributed by atoms with Gasteiger partial charge in [0.15, 0.2) is 0 Å². The molecule has 1 aliphatic rings. The highest BCUT2D eigenvalue weighted by Gasteiger charge is 2.30. The van der Waals surface area contributed by atoms with Crippen LogP contribution in [-0.2, 0) is 0 Å². The van der Waals surface area contributed by atoms with Gasteiger partial charge in [0.1, 0.15) is 12.2 Å². The van der Waals surface area contributed by atoms with E-state index in [0.29, 0.717) is 5.82 Å². The van der Waals surface area contributed by atoms with Crippen molar-refractivity contribution in [3.63, 3.8) is 0 Å². The summed E-state index contributed by atoms with van der Waals surface area (Å²) in [6, 6.07) is 2.19. The molecule has 1 unspecified atom stereocenters. The molecule has 3 heterocycles. The van der Waals surface area contributed by atoms with Gasteiger partial charge >= 0.3 is 0 Å². The third-order valence-electron chi connectivity index (χ3n) is 4.47. The first kappa shape index (κ1) is 19.9. The minimum absolute atomic E-state index is 0.255. The van der Waals surface area contributed by atoms with Crippen LogP contribution in [0.15, 0.2) is 41.4 Å². The van der Waals surface area contributed by atoms with Gasteiger partial charge in [-0.3, -0.25) is 9.58 Å². The maximum absolute atomic E-state index is 12.8. The summed E-state index contributed by atoms with van der Waals surface area (Å²) in [5, 5.41) is 19.9. The number of aromatic nitrogens is 3. The van der Waals surface area contributed by atoms with E-state index >= 15 is 0 Å². The number of hydrogen-bond donors (Lipinski definition) is 2. The van der Waals surface area contributed by atoms with Gasteiger partial charge in [-0.2, -0.15) is 19.0 Å². The zero-order chi connectivity index (χ0) is 20.4. The monoisotopic (exact) mass is 391 g/mol. The van der Waals surface area contributed by atoms with Gasteiger partial charge < -0.3 is 10.8 Å². The van der Waals surface area contributed by atoms with Gasteiger partial charge in [0.2, 0.25) is 6.35 Å². The van der Waals surface area contributed by atoms with Gasteiger partial charge in [0, 0.05) is 41.7 Å². The van der Waals surface area contributed by atoms with Crippen molar-refractivity contribution in [3.8, 4) is 11.1 Å². The Labute approximate surface area is 161 Å². The van der Waals surface area contributed by atoms with Gasteiger partial charge in [0.05, 0.1) is 12.7 Å². The van der Waals surface area contributed by atoms with E-state index in [0.717, 1.165) is 21.7 Å². The summed E-state index contributed by atoms with van der Waals surface area (Å²) in [5.74, 6) is 0.484. The summed E-state index contributed by atoms with van der Waals surface area (Å²) < 4.78 is 27.5. The van der Waals surface area contributed by atoms with Crippen molar-refractivity contribution in [2.45, 2.75) is 33.2 Å². The molecule has 0 aromatic carbocycles. The van der Waals surface area contributed by atoms with Crippen molar-refractivity contribution in [2.24, 2.45) is 10.8 Å². The molecule has 10 heteroatoms. The SMILES string of the molecule is Cc1cc(-c2cnn(C(C)C)c2)cnc1N1C=NN(CC(CN)=C(F)F)C1O. The first-order valence-electron chi connectivity index (χ1n) is 8.83. The summed E-state index contributed by atoms with van der Waals surface area (Å²) in [4.78, 5) is 5.85. The first-order valence-corrected chi connectivity index (χ1v) is 8.83. The van der Waals surface area contributed by atoms with Crippen molar-refractivity contribution in [1.29, 1.82) is 0 Å². The lowest BCUT2D eigenvalue weighted by Crippen LogP contribution is -2.41. The van der Waals surface area contributed by atoms with Crippen LogP contribution in [-0.4, -0.2) is 50.7 Å². The molecule has 1 aliphatic heterocycles. The summed E-state index contributed by atoms with van der Waals surface area (Å²) in [5.41, 5.74) is 7.68. The zero-order valence-electron chi connectivity index (χ0n) is 15.9. The number of nitrogens with two attached hydrogens (primary N) is 1. The molecule has 28 heavy (non-hydrogen) atoms. The summed E-state index contributed by atoms with van der Waals surface area (Å²) in [6.07, 6.45) is 3.66. The van der Waals surface area contributed by atoms with E-state index < -0.39 is 12.4 Å². The van der Waals surface area contributed by atoms with E-state index in [-0.39, 0.29) is 24.7 Å². The maximum Gasteiger partial charge on any atom is 0.272 e. The molecular weight excluding hydrogens is 368 g/mol. The number of hydrogen-bond acceptors (Lipinski definition) is 7. The van der Waals surface area contributed by atoms with Crippen molar-refractivity contribution >= 4 is 12.2 Å². The molecule has 0 fully saturated rings. The summed E-state index contributed by atoms with van der Waals surface area (Å²) in [7, 11) is 0. The molecule has 8 nitrogen and oxygen atoms in total. The van der Waals surface area contributed by atoms with Crippen LogP contribution in [0.3, 0.4) is 0 Å². The topological polar surface area (TPSA) is 95.8 Å². The Bertz CT molecular complexity index is 905. The predicted molar refractivity (Wildman–Crippen MR) is 103 cm³/mol. The molecule has 3 N–H and O–H groups in total. The fraction of sp³-hybridized carbons (Fsp3) is 0.389. The molecule has 3 rings (SSSR count). The lowest BCUT2D eigenvalue weighted by atomic mass is 10.1. The second kappa shape index (κ2) is 8.03. The third kappa shape index (κ3) is 3.87. The Morgan fingerprint density at radius 3 is 2.61 bits per heavy atom. The van der Waals surface area contributed by atoms with Crippen molar-refractivity contribution < 1.29 is 13.9 Å². The zero-order valence-corrected chi connectivity index (χ0v) is 15.9. The van der Waals surface area contributed by atoms with E-state index in [1.807, 2.05) is 37.7 Å². The summed E-state index contributed by atoms with van der Waals surface area (Å²) in [6.45, 7) is 5.37. The van der Waals surface area contributed by atoms with E-state index in [1.165, 1.54) is 11.2 Å². The smallest absolute Gasteiger partial charge is 0.272 e. The first-order chi connectivity index (χ1) is 13.3. The van der Waals surface area contributed by atoms with Gasteiger partial charge in [-0.1, -0.05) is 0 Å². The molecule has 2 aromatic rings. The van der Waals surface area contributed by atoms with Crippen molar-refractivity contribution in [3.05, 3.63) is 41.9 Å². The number of aliphatic hydroxyl groups is 1. The van der Waals surface area contributed by atoms with Crippen LogP contribution in [0.5, 0.6) is 0 Å². The van der Waals surface area contributed by atoms with Gasteiger partial charge in [-0.15, -0.1) is 0 Å². The van der Waals surface area contributed by atoms with Crippen LogP contribution in [0.1, 0.15) is 25.5 Å². The Kier molecular flexibility index (Phi) is 5.71. The fourth-order valence-electron chi connectivity index (χ4n) is 2.83. The average Bonchev–Trinajstić information content (AvgIpc) is 3.27. The number of aryl methyl sites for hydroxylation is 1. The van der Waals surface area contributed by atoms with Crippen LogP contribution in [0.25, 0.3) is 11.1 Å². The quantitative estimate of drug-likeness (QED) is 0.784. The van der Waals surface area contributed by atoms with Gasteiger partial charge in [-0.25, -0.2) is 9.99 Å². The molecule has 1 atom stereocenters. The second-order valence-electron chi connectivity index (χ2n) is 6.82. The second-order valence-corrected chi connectivity index (χ2v) is 6.82. The molecule has 2 aromatic heterocycles. The highest BCUT2D eigenvalue weighted by molar-refractivity contribution is 5.81. The molecule has 150 valence electrons. The Morgan fingerprint density at radius 2 is 2.04 bits per heavy atom. The lowest BCUT2D eigenvalue weighted by molar-refractivity contribution is 0.0323. The number of rotatable bonds is 6. The van der Waals surface area contributed by atoms with Crippen LogP contribution in [0.4, 0.5) is 14.6 Å². The van der Waals surface area contributed by atoms with E-state index in [2.05, 4.69) is 15.2 Å². The molecule has 0 amide bonds. The molecule has 0 spiro atoms. The number of halogens is 2. The Hall–Kier alpha value is -2.85. The minimum atomic E-state index is -1.86. The predicted octanol–water partition coefficient (Wildman–Crippen LogP) is 2.28. The number of pyridine rings is 1. The van der Waals surface area contributed by atoms with Crippen LogP contribution < -0.4 is 10.6 Å². The largest absolute Gasteiger partial charge is 0.355 e. The van der Waals surface area contributed by atoms with E-state index in [4.69, 9.17) is 5.73 Å². The normalized spacial score (nSPS) is 16.4. The van der Waals surface area contributed by atoms with Crippen molar-refractivity contribution in [1.82, 2.24) is 19.8 Å². The molecule has 0 aliphatic carbocycles. The van der Waals surface area contributed by atoms with E-state index in [1.54, 1.807) is 12.4 Å². The van der Waals surface area contributed by atoms with E-state index in [9.17, 15) is 13.9 Å². The highest BCUT2D eigenvalue weighted by Crippen LogP contribution is 2.27. The maximum atomic E-state index is 12.8. The molecule has 0 saturated heterocycles. The average molecular weight is 391 g/mol. The molecule has 0 saturated carbocycles. The van der Waals surface area contributed by atoms with Crippen LogP contribution >= 0.6 is 0 Å². The van der Waals surface area contributed by atoms with Gasteiger partial charge in [0.25, 0.3) is 6.08 Å². The standard InChI is InChI=1S/C18H23F2N7O/c1-11(2)26-9-15(7-23-26)13-4-12(3)17(22-6-13)25-10-24-27(18(25)28)8-14(5-21)16(19)20/h4,6-7,9-11,18,28H,5,8,21H2,1-3H3. The number of anilines is 1. The molecule has 0 radical (unpaired) electrons. The fourth-order valence-corrected chi connectivity index (χ4v) is 2.83. The summed E-state index contributed by atoms with van der Waals surface area (Å²) >= 11 is 0. The Balaban J connectivity index is 1.79. The van der Waals surface area contributed by atoms with Crippen LogP contribution in [0.2, 0.25) is 0 Å². The third-order valence-corrected chi connectivity index (χ3v) is 4.47.